The average Bonchev–Trinajstić information content (AvgIpc) is 2.79. The fraction of sp³-hybridized carbons (Fsp3) is 0.417. The summed E-state index contributed by atoms with van der Waals surface area (Å²) in [7, 11) is 0. The molecular formula is C24H25ClF3N5O4. The first kappa shape index (κ1) is 26.7. The van der Waals surface area contributed by atoms with Gasteiger partial charge in [-0.2, -0.15) is 0 Å². The molecule has 1 aromatic carbocycles. The molecule has 37 heavy (non-hydrogen) atoms. The second kappa shape index (κ2) is 10.2. The zero-order valence-corrected chi connectivity index (χ0v) is 20.8. The van der Waals surface area contributed by atoms with E-state index in [1.807, 2.05) is 6.92 Å². The first-order valence-electron chi connectivity index (χ1n) is 11.5. The van der Waals surface area contributed by atoms with Crippen molar-refractivity contribution in [2.24, 2.45) is 10.7 Å². The molecule has 0 unspecified atom stereocenters. The van der Waals surface area contributed by atoms with Crippen LogP contribution in [0.5, 0.6) is 5.75 Å². The maximum absolute atomic E-state index is 13.2. The number of guanidine groups is 1. The molecule has 1 aromatic heterocycles. The smallest absolute Gasteiger partial charge is 0.404 e. The second-order valence-electron chi connectivity index (χ2n) is 9.09. The molecule has 0 aliphatic carbocycles. The highest BCUT2D eigenvalue weighted by Crippen LogP contribution is 2.41. The van der Waals surface area contributed by atoms with Crippen molar-refractivity contribution < 1.29 is 32.2 Å². The number of hydrogen-bond acceptors (Lipinski definition) is 7. The normalized spacial score (nSPS) is 24.4. The number of carbonyl (C=O) groups is 2. The van der Waals surface area contributed by atoms with Crippen molar-refractivity contribution in [3.63, 3.8) is 0 Å². The third kappa shape index (κ3) is 5.96. The van der Waals surface area contributed by atoms with Crippen molar-refractivity contribution in [2.45, 2.75) is 57.2 Å². The van der Waals surface area contributed by atoms with Gasteiger partial charge in [0, 0.05) is 18.2 Å². The third-order valence-electron chi connectivity index (χ3n) is 6.22. The number of nitrogens with one attached hydrogen (secondary N) is 1. The van der Waals surface area contributed by atoms with Gasteiger partial charge in [0.2, 0.25) is 5.91 Å². The summed E-state index contributed by atoms with van der Waals surface area (Å²) in [6.45, 7) is 4.20. The number of anilines is 1. The lowest BCUT2D eigenvalue weighted by Crippen LogP contribution is -2.56. The van der Waals surface area contributed by atoms with E-state index >= 15 is 0 Å². The Morgan fingerprint density at radius 3 is 2.70 bits per heavy atom. The molecule has 1 fully saturated rings. The predicted molar refractivity (Wildman–Crippen MR) is 129 cm³/mol. The van der Waals surface area contributed by atoms with E-state index in [2.05, 4.69) is 20.0 Å². The lowest BCUT2D eigenvalue weighted by Gasteiger charge is -2.41. The van der Waals surface area contributed by atoms with Crippen LogP contribution in [0.1, 0.15) is 49.2 Å². The van der Waals surface area contributed by atoms with Gasteiger partial charge in [-0.25, -0.2) is 9.98 Å². The molecule has 9 nitrogen and oxygen atoms in total. The summed E-state index contributed by atoms with van der Waals surface area (Å²) in [5.41, 5.74) is 5.72. The number of aromatic nitrogens is 1. The van der Waals surface area contributed by atoms with Crippen LogP contribution in [0.2, 0.25) is 5.02 Å². The van der Waals surface area contributed by atoms with E-state index in [9.17, 15) is 22.8 Å². The Bertz CT molecular complexity index is 1220. The summed E-state index contributed by atoms with van der Waals surface area (Å²) in [5.74, 6) is -1.36. The molecule has 0 spiro atoms. The Hall–Kier alpha value is -3.38. The number of nitrogens with zero attached hydrogens (tertiary/aromatic N) is 3. The molecule has 198 valence electrons. The van der Waals surface area contributed by atoms with E-state index in [1.54, 1.807) is 25.1 Å². The molecule has 2 aliphatic rings. The summed E-state index contributed by atoms with van der Waals surface area (Å²) < 4.78 is 46.4. The Morgan fingerprint density at radius 2 is 2.08 bits per heavy atom. The fourth-order valence-corrected chi connectivity index (χ4v) is 4.92. The van der Waals surface area contributed by atoms with Gasteiger partial charge in [-0.1, -0.05) is 23.7 Å². The predicted octanol–water partition coefficient (Wildman–Crippen LogP) is 4.22. The van der Waals surface area contributed by atoms with E-state index in [-0.39, 0.29) is 46.8 Å². The SMILES string of the molecule is C[C@@H]1C[C@H](N2C(=O)C[C@@](C)(c3cccc(NC(=O)c4ccc(OC(F)(F)F)cn4)c3Cl)N=C2N)CCO1. The fourth-order valence-electron chi connectivity index (χ4n) is 4.55. The lowest BCUT2D eigenvalue weighted by atomic mass is 9.86. The maximum atomic E-state index is 13.2. The van der Waals surface area contributed by atoms with Crippen molar-refractivity contribution in [1.82, 2.24) is 9.88 Å². The average molecular weight is 540 g/mol. The van der Waals surface area contributed by atoms with Crippen LogP contribution in [0.4, 0.5) is 18.9 Å². The third-order valence-corrected chi connectivity index (χ3v) is 6.63. The summed E-state index contributed by atoms with van der Waals surface area (Å²) in [5, 5.41) is 2.74. The number of halogens is 4. The van der Waals surface area contributed by atoms with Crippen molar-refractivity contribution >= 4 is 35.1 Å². The van der Waals surface area contributed by atoms with Crippen molar-refractivity contribution in [3.8, 4) is 5.75 Å². The molecule has 2 aliphatic heterocycles. The Morgan fingerprint density at radius 1 is 1.32 bits per heavy atom. The van der Waals surface area contributed by atoms with Gasteiger partial charge in [0.15, 0.2) is 5.96 Å². The monoisotopic (exact) mass is 539 g/mol. The van der Waals surface area contributed by atoms with Crippen LogP contribution in [0, 0.1) is 0 Å². The number of rotatable bonds is 5. The number of carbonyl (C=O) groups excluding carboxylic acids is 2. The lowest BCUT2D eigenvalue weighted by molar-refractivity contribution is -0.274. The van der Waals surface area contributed by atoms with Gasteiger partial charge in [0.05, 0.1) is 35.0 Å². The molecule has 1 saturated heterocycles. The van der Waals surface area contributed by atoms with Gasteiger partial charge in [-0.05, 0) is 44.9 Å². The van der Waals surface area contributed by atoms with Crippen LogP contribution < -0.4 is 15.8 Å². The van der Waals surface area contributed by atoms with Gasteiger partial charge < -0.3 is 20.5 Å². The molecule has 3 heterocycles. The number of pyridine rings is 1. The number of amides is 2. The van der Waals surface area contributed by atoms with Crippen molar-refractivity contribution in [3.05, 3.63) is 52.8 Å². The molecule has 3 atom stereocenters. The number of benzene rings is 1. The largest absolute Gasteiger partial charge is 0.573 e. The van der Waals surface area contributed by atoms with Gasteiger partial charge >= 0.3 is 6.36 Å². The standard InChI is InChI=1S/C24H25ClF3N5O4/c1-13-10-14(8-9-36-13)33-19(34)11-23(2,32-22(33)29)16-4-3-5-17(20(16)25)31-21(35)18-7-6-15(12-30-18)37-24(26,27)28/h3-7,12-14H,8-11H2,1-2H3,(H2,29,32)(H,31,35)/t13-,14-,23+/m1/s1. The Kier molecular flexibility index (Phi) is 7.33. The van der Waals surface area contributed by atoms with Crippen molar-refractivity contribution in [2.75, 3.05) is 11.9 Å². The highest BCUT2D eigenvalue weighted by atomic mass is 35.5. The molecule has 2 aromatic rings. The summed E-state index contributed by atoms with van der Waals surface area (Å²) >= 11 is 6.63. The molecule has 0 radical (unpaired) electrons. The Labute approximate surface area is 215 Å². The number of nitrogens with two attached hydrogens (primary N) is 1. The topological polar surface area (TPSA) is 119 Å². The number of ether oxygens (including phenoxy) is 2. The second-order valence-corrected chi connectivity index (χ2v) is 9.47. The van der Waals surface area contributed by atoms with Crippen LogP contribution in [0.25, 0.3) is 0 Å². The van der Waals surface area contributed by atoms with Crippen LogP contribution in [-0.4, -0.2) is 52.8 Å². The minimum atomic E-state index is -4.87. The first-order chi connectivity index (χ1) is 17.4. The van der Waals surface area contributed by atoms with Crippen LogP contribution >= 0.6 is 11.6 Å². The molecule has 0 bridgehead atoms. The molecule has 3 N–H and O–H groups in total. The molecule has 13 heteroatoms. The highest BCUT2D eigenvalue weighted by molar-refractivity contribution is 6.34. The molecule has 4 rings (SSSR count). The highest BCUT2D eigenvalue weighted by Gasteiger charge is 2.42. The van der Waals surface area contributed by atoms with Gasteiger partial charge in [-0.15, -0.1) is 13.2 Å². The van der Waals surface area contributed by atoms with Crippen molar-refractivity contribution in [1.29, 1.82) is 0 Å². The summed E-state index contributed by atoms with van der Waals surface area (Å²) in [6, 6.07) is 6.83. The van der Waals surface area contributed by atoms with Gasteiger partial charge in [-0.3, -0.25) is 14.5 Å². The molecular weight excluding hydrogens is 515 g/mol. The quantitative estimate of drug-likeness (QED) is 0.587. The van der Waals surface area contributed by atoms with E-state index in [4.69, 9.17) is 22.1 Å². The molecule has 0 saturated carbocycles. The number of hydrogen-bond donors (Lipinski definition) is 2. The first-order valence-corrected chi connectivity index (χ1v) is 11.9. The minimum absolute atomic E-state index is 0.00487. The van der Waals surface area contributed by atoms with E-state index in [0.29, 0.717) is 25.0 Å². The van der Waals surface area contributed by atoms with E-state index in [1.165, 1.54) is 4.90 Å². The summed E-state index contributed by atoms with van der Waals surface area (Å²) in [4.78, 5) is 35.7. The number of alkyl halides is 3. The van der Waals surface area contributed by atoms with E-state index < -0.39 is 23.6 Å². The van der Waals surface area contributed by atoms with Crippen LogP contribution in [-0.2, 0) is 15.1 Å². The van der Waals surface area contributed by atoms with E-state index in [0.717, 1.165) is 18.3 Å². The molecule has 2 amide bonds. The zero-order chi connectivity index (χ0) is 27.0. The van der Waals surface area contributed by atoms with Crippen LogP contribution in [0.3, 0.4) is 0 Å². The Balaban J connectivity index is 1.54. The van der Waals surface area contributed by atoms with Gasteiger partial charge in [0.25, 0.3) is 5.91 Å². The zero-order valence-electron chi connectivity index (χ0n) is 20.0. The van der Waals surface area contributed by atoms with Crippen LogP contribution in [0.15, 0.2) is 41.5 Å². The minimum Gasteiger partial charge on any atom is -0.404 e. The number of aliphatic imine (C=N–C) groups is 1. The van der Waals surface area contributed by atoms with Gasteiger partial charge in [0.1, 0.15) is 11.4 Å². The maximum Gasteiger partial charge on any atom is 0.573 e. The summed E-state index contributed by atoms with van der Waals surface area (Å²) in [6.07, 6.45) is -2.76.